The van der Waals surface area contributed by atoms with Crippen molar-refractivity contribution < 1.29 is 0 Å². The Kier molecular flexibility index (Phi) is 14.6. The molecule has 6 nitrogen and oxygen atoms in total. The van der Waals surface area contributed by atoms with Crippen LogP contribution in [0.1, 0.15) is 49.9 Å². The molecule has 0 spiro atoms. The summed E-state index contributed by atoms with van der Waals surface area (Å²) < 4.78 is 1.01. The number of anilines is 5. The summed E-state index contributed by atoms with van der Waals surface area (Å²) in [4.78, 5) is 22.1. The lowest BCUT2D eigenvalue weighted by molar-refractivity contribution is 0.632. The van der Waals surface area contributed by atoms with Crippen LogP contribution in [0.15, 0.2) is 284 Å². The van der Waals surface area contributed by atoms with E-state index in [2.05, 4.69) is 230 Å². The molecule has 392 valence electrons. The van der Waals surface area contributed by atoms with Crippen LogP contribution >= 0.6 is 15.9 Å². The van der Waals surface area contributed by atoms with E-state index in [0.717, 1.165) is 72.1 Å². The highest BCUT2D eigenvalue weighted by atomic mass is 79.9. The third-order valence-corrected chi connectivity index (χ3v) is 15.8. The van der Waals surface area contributed by atoms with Gasteiger partial charge in [-0.25, -0.2) is 19.9 Å². The van der Waals surface area contributed by atoms with Crippen molar-refractivity contribution in [2.75, 3.05) is 10.2 Å². The Morgan fingerprint density at radius 3 is 1.04 bits per heavy atom. The molecule has 4 heterocycles. The van der Waals surface area contributed by atoms with Gasteiger partial charge in [-0.05, 0) is 82.9 Å². The number of para-hydroxylation sites is 4. The smallest absolute Gasteiger partial charge is 0.160 e. The zero-order valence-electron chi connectivity index (χ0n) is 45.7. The quantitative estimate of drug-likeness (QED) is 0.172. The van der Waals surface area contributed by atoms with Crippen LogP contribution in [0.5, 0.6) is 0 Å². The van der Waals surface area contributed by atoms with Crippen LogP contribution in [-0.4, -0.2) is 19.9 Å². The molecule has 14 rings (SSSR count). The number of hydrogen-bond acceptors (Lipinski definition) is 6. The van der Waals surface area contributed by atoms with Gasteiger partial charge in [0.1, 0.15) is 0 Å². The van der Waals surface area contributed by atoms with E-state index in [9.17, 15) is 0 Å². The second-order valence-corrected chi connectivity index (χ2v) is 22.2. The van der Waals surface area contributed by atoms with E-state index in [0.29, 0.717) is 5.82 Å². The molecular formula is C74H59BrN6. The molecule has 1 N–H and O–H groups in total. The third kappa shape index (κ3) is 10.8. The van der Waals surface area contributed by atoms with Gasteiger partial charge in [-0.1, -0.05) is 262 Å². The van der Waals surface area contributed by atoms with E-state index in [1.807, 2.05) is 103 Å². The highest BCUT2D eigenvalue weighted by molar-refractivity contribution is 9.10. The predicted molar refractivity (Wildman–Crippen MR) is 339 cm³/mol. The first kappa shape index (κ1) is 52.2. The summed E-state index contributed by atoms with van der Waals surface area (Å²) in [6, 6.07) is 96.4. The van der Waals surface area contributed by atoms with Gasteiger partial charge >= 0.3 is 0 Å². The molecule has 10 aromatic carbocycles. The maximum absolute atomic E-state index is 5.07. The summed E-state index contributed by atoms with van der Waals surface area (Å²) >= 11 is 3.53. The van der Waals surface area contributed by atoms with Crippen molar-refractivity contribution in [3.05, 3.63) is 306 Å². The standard InChI is InChI=1S/C37H29N3.C22H15BrN2.C15H15N/c1-37(2)30-20-9-11-22-34(30)40(35-23-12-10-21-31(35)37)29-19-13-18-28(24-29)36-38-32(26-14-5-3-6-15-26)25-33(39-36)27-16-7-4-8-17-27;23-19-13-7-12-18(14-19)22-24-20(16-8-3-1-4-9-16)15-21(25-22)17-10-5-2-6-11-17;1-15(2)11-7-3-5-9-13(11)16-14-10-6-4-8-12(14)15/h3-25H,1-2H3;1-15H;3-10,16H,1-2H3. The van der Waals surface area contributed by atoms with Crippen LogP contribution in [0.2, 0.25) is 0 Å². The second kappa shape index (κ2) is 22.7. The Morgan fingerprint density at radius 1 is 0.309 bits per heavy atom. The Labute approximate surface area is 483 Å². The van der Waals surface area contributed by atoms with Gasteiger partial charge in [-0.15, -0.1) is 0 Å². The fraction of sp³-hybridized carbons (Fsp3) is 0.0811. The summed E-state index contributed by atoms with van der Waals surface area (Å²) in [5, 5.41) is 3.50. The average Bonchev–Trinajstić information content (AvgIpc) is 3.69. The molecule has 0 atom stereocenters. The van der Waals surface area contributed by atoms with Crippen molar-refractivity contribution in [3.8, 4) is 67.8 Å². The molecule has 81 heavy (non-hydrogen) atoms. The molecule has 0 aliphatic carbocycles. The van der Waals surface area contributed by atoms with E-state index in [-0.39, 0.29) is 10.8 Å². The molecule has 0 amide bonds. The van der Waals surface area contributed by atoms with Crippen LogP contribution in [0.25, 0.3) is 67.8 Å². The van der Waals surface area contributed by atoms with Gasteiger partial charge in [0.05, 0.1) is 34.2 Å². The van der Waals surface area contributed by atoms with Gasteiger partial charge in [0.2, 0.25) is 0 Å². The van der Waals surface area contributed by atoms with E-state index in [1.54, 1.807) is 0 Å². The van der Waals surface area contributed by atoms with Crippen LogP contribution in [0.4, 0.5) is 28.4 Å². The number of nitrogens with one attached hydrogen (secondary N) is 1. The summed E-state index contributed by atoms with van der Waals surface area (Å²) in [5.74, 6) is 1.43. The lowest BCUT2D eigenvalue weighted by atomic mass is 9.73. The third-order valence-electron chi connectivity index (χ3n) is 15.3. The maximum Gasteiger partial charge on any atom is 0.160 e. The summed E-state index contributed by atoms with van der Waals surface area (Å²) in [7, 11) is 0. The fourth-order valence-corrected chi connectivity index (χ4v) is 11.5. The average molecular weight is 1110 g/mol. The number of aromatic nitrogens is 4. The SMILES string of the molecule is Brc1cccc(-c2nc(-c3ccccc3)cc(-c3ccccc3)n2)c1.CC1(C)c2ccccc2N(c2cccc(-c3nc(-c4ccccc4)cc(-c4ccccc4)n3)c2)c2ccccc21.CC1(C)c2ccccc2Nc2ccccc21. The molecule has 0 saturated carbocycles. The molecule has 0 fully saturated rings. The number of hydrogen-bond donors (Lipinski definition) is 1. The zero-order valence-corrected chi connectivity index (χ0v) is 47.3. The van der Waals surface area contributed by atoms with E-state index < -0.39 is 0 Å². The minimum Gasteiger partial charge on any atom is -0.355 e. The molecular weight excluding hydrogens is 1050 g/mol. The lowest BCUT2D eigenvalue weighted by Crippen LogP contribution is -2.30. The number of benzene rings is 10. The summed E-state index contributed by atoms with van der Waals surface area (Å²) in [6.07, 6.45) is 0. The summed E-state index contributed by atoms with van der Waals surface area (Å²) in [6.45, 7) is 9.19. The maximum atomic E-state index is 5.07. The van der Waals surface area contributed by atoms with Gasteiger partial charge in [0.15, 0.2) is 11.6 Å². The zero-order chi connectivity index (χ0) is 55.3. The molecule has 2 aromatic heterocycles. The molecule has 2 aliphatic rings. The lowest BCUT2D eigenvalue weighted by Gasteiger charge is -2.42. The number of fused-ring (bicyclic) bond motifs is 4. The largest absolute Gasteiger partial charge is 0.355 e. The number of rotatable bonds is 7. The van der Waals surface area contributed by atoms with E-state index in [4.69, 9.17) is 19.9 Å². The minimum absolute atomic E-state index is 0.0818. The first-order valence-electron chi connectivity index (χ1n) is 27.4. The molecule has 2 aliphatic heterocycles. The Morgan fingerprint density at radius 2 is 0.630 bits per heavy atom. The van der Waals surface area contributed by atoms with E-state index in [1.165, 1.54) is 45.0 Å². The fourth-order valence-electron chi connectivity index (χ4n) is 11.1. The molecule has 0 radical (unpaired) electrons. The van der Waals surface area contributed by atoms with Gasteiger partial charge in [-0.3, -0.25) is 0 Å². The molecule has 7 heteroatoms. The van der Waals surface area contributed by atoms with Crippen molar-refractivity contribution in [3.63, 3.8) is 0 Å². The van der Waals surface area contributed by atoms with Gasteiger partial charge in [0.25, 0.3) is 0 Å². The van der Waals surface area contributed by atoms with Crippen molar-refractivity contribution >= 4 is 44.4 Å². The van der Waals surface area contributed by atoms with Crippen LogP contribution in [0.3, 0.4) is 0 Å². The first-order chi connectivity index (χ1) is 39.6. The summed E-state index contributed by atoms with van der Waals surface area (Å²) in [5.41, 5.74) is 21.2. The monoisotopic (exact) mass is 1110 g/mol. The molecule has 0 bridgehead atoms. The van der Waals surface area contributed by atoms with E-state index >= 15 is 0 Å². The highest BCUT2D eigenvalue weighted by Crippen LogP contribution is 2.52. The second-order valence-electron chi connectivity index (χ2n) is 21.3. The molecule has 0 unspecified atom stereocenters. The van der Waals surface area contributed by atoms with Crippen molar-refractivity contribution in [2.45, 2.75) is 38.5 Å². The Hall–Kier alpha value is -9.56. The van der Waals surface area contributed by atoms with Crippen molar-refractivity contribution in [2.24, 2.45) is 0 Å². The molecule has 0 saturated heterocycles. The Balaban J connectivity index is 0.000000134. The molecule has 12 aromatic rings. The van der Waals surface area contributed by atoms with Crippen molar-refractivity contribution in [1.82, 2.24) is 19.9 Å². The predicted octanol–water partition coefficient (Wildman–Crippen LogP) is 19.9. The normalized spacial score (nSPS) is 13.0. The highest BCUT2D eigenvalue weighted by Gasteiger charge is 2.37. The van der Waals surface area contributed by atoms with Gasteiger partial charge in [0, 0.05) is 65.7 Å². The Bertz CT molecular complexity index is 3950. The number of halogens is 1. The van der Waals surface area contributed by atoms with Crippen molar-refractivity contribution in [1.29, 1.82) is 0 Å². The van der Waals surface area contributed by atoms with Crippen LogP contribution < -0.4 is 10.2 Å². The van der Waals surface area contributed by atoms with Gasteiger partial charge < -0.3 is 10.2 Å². The minimum atomic E-state index is -0.0982. The van der Waals surface area contributed by atoms with Crippen LogP contribution in [0, 0.1) is 0 Å². The first-order valence-corrected chi connectivity index (χ1v) is 28.2. The number of nitrogens with zero attached hydrogens (tertiary/aromatic N) is 5. The van der Waals surface area contributed by atoms with Gasteiger partial charge in [-0.2, -0.15) is 0 Å². The topological polar surface area (TPSA) is 66.8 Å². The van der Waals surface area contributed by atoms with Crippen LogP contribution in [-0.2, 0) is 10.8 Å².